The molecule has 0 saturated carbocycles. The van der Waals surface area contributed by atoms with Gasteiger partial charge in [-0.25, -0.2) is 0 Å². The fourth-order valence-corrected chi connectivity index (χ4v) is 4.26. The van der Waals surface area contributed by atoms with Crippen LogP contribution in [0.2, 0.25) is 0 Å². The largest absolute Gasteiger partial charge is 0.493 e. The Morgan fingerprint density at radius 1 is 0.714 bits per heavy atom. The topological polar surface area (TPSA) is 157 Å². The molecule has 0 aliphatic carbocycles. The summed E-state index contributed by atoms with van der Waals surface area (Å²) in [5.74, 6) is -5.61. The molecule has 3 unspecified atom stereocenters. The van der Waals surface area contributed by atoms with Gasteiger partial charge in [0.1, 0.15) is 31.2 Å². The summed E-state index contributed by atoms with van der Waals surface area (Å²) in [6.45, 7) is -59.3. The third kappa shape index (κ3) is 17.6. The van der Waals surface area contributed by atoms with Gasteiger partial charge in [0, 0.05) is 119 Å². The van der Waals surface area contributed by atoms with Gasteiger partial charge in [-0.3, -0.25) is 24.3 Å². The van der Waals surface area contributed by atoms with Gasteiger partial charge in [-0.1, -0.05) is 60.6 Å². The normalized spacial score (nSPS) is 35.7. The first-order chi connectivity index (χ1) is 47.7. The number of hydrogen-bond donors (Lipinski definition) is 5. The van der Waals surface area contributed by atoms with E-state index >= 15 is 0 Å². The van der Waals surface area contributed by atoms with Crippen molar-refractivity contribution in [3.05, 3.63) is 107 Å². The smallest absolute Gasteiger partial charge is 0.239 e. The molecule has 6 rings (SSSR count). The van der Waals surface area contributed by atoms with Gasteiger partial charge < -0.3 is 45.1 Å². The van der Waals surface area contributed by atoms with Crippen molar-refractivity contribution in [3.63, 3.8) is 0 Å². The van der Waals surface area contributed by atoms with E-state index in [0.717, 1.165) is 42.5 Å². The second-order valence-corrected chi connectivity index (χ2v) is 11.6. The third-order valence-electron chi connectivity index (χ3n) is 6.92. The lowest BCUT2D eigenvalue weighted by Crippen LogP contribution is -2.50. The minimum atomic E-state index is -4.55. The Labute approximate surface area is 441 Å². The molecule has 2 saturated heterocycles. The van der Waals surface area contributed by atoms with Crippen molar-refractivity contribution < 1.29 is 100 Å². The molecular formula is C48H67ClN6O8. The number of amides is 2. The Balaban J connectivity index is 0.000000386. The highest BCUT2D eigenvalue weighted by atomic mass is 35.5. The number of carbonyl (C=O) groups is 2. The van der Waals surface area contributed by atoms with E-state index in [1.165, 1.54) is 18.2 Å². The second kappa shape index (κ2) is 27.3. The quantitative estimate of drug-likeness (QED) is 0.0892. The Morgan fingerprint density at radius 3 is 1.65 bits per heavy atom. The molecule has 344 valence electrons. The zero-order chi connectivity index (χ0) is 84.7. The fourth-order valence-electron chi connectivity index (χ4n) is 4.20. The number of anilines is 2. The molecule has 2 amide bonds. The lowest BCUT2D eigenvalue weighted by Gasteiger charge is -2.35. The molecule has 63 heavy (non-hydrogen) atoms. The summed E-state index contributed by atoms with van der Waals surface area (Å²) >= 11 is 5.34. The molecular weight excluding hydrogens is 824 g/mol. The number of β-amino-alcohol motifs (C(OH)–C–C–N with tert-alkyl or cyclic N) is 2. The number of methoxy groups -OCH3 is 2. The second-order valence-electron chi connectivity index (χ2n) is 11.3. The van der Waals surface area contributed by atoms with Crippen LogP contribution < -0.4 is 34.9 Å². The van der Waals surface area contributed by atoms with Gasteiger partial charge in [-0.05, 0) is 73.9 Å². The van der Waals surface area contributed by atoms with Gasteiger partial charge >= 0.3 is 0 Å². The summed E-state index contributed by atoms with van der Waals surface area (Å²) in [6, 6.07) is 11.3. The average molecular weight is 937 g/mol. The lowest BCUT2D eigenvalue weighted by atomic mass is 10.1. The third-order valence-corrected chi connectivity index (χ3v) is 7.16. The van der Waals surface area contributed by atoms with Crippen LogP contribution in [0.25, 0.3) is 0 Å². The predicted molar refractivity (Wildman–Crippen MR) is 251 cm³/mol. The van der Waals surface area contributed by atoms with Crippen LogP contribution in [0, 0.1) is 27.4 Å². The van der Waals surface area contributed by atoms with E-state index in [2.05, 4.69) is 14.8 Å². The van der Waals surface area contributed by atoms with E-state index in [0.29, 0.717) is 12.1 Å². The van der Waals surface area contributed by atoms with Crippen molar-refractivity contribution in [1.29, 1.82) is 0 Å². The number of hydrogen-bond acceptors (Lipinski definition) is 12. The fraction of sp³-hybridized carbons (Fsp3) is 0.458. The number of rotatable bonds is 17. The number of piperazine rings is 2. The number of halogens is 1. The molecule has 15 heteroatoms. The van der Waals surface area contributed by atoms with Gasteiger partial charge in [0.25, 0.3) is 0 Å². The number of benzene rings is 4. The molecule has 0 radical (unpaired) electrons. The maximum atomic E-state index is 13.4. The number of ether oxygens (including phenoxy) is 4. The molecule has 3 atom stereocenters. The summed E-state index contributed by atoms with van der Waals surface area (Å²) in [4.78, 5) is 23.0. The molecule has 5 N–H and O–H groups in total. The van der Waals surface area contributed by atoms with E-state index in [4.69, 9.17) is 82.8 Å². The first kappa shape index (κ1) is 16.8. The summed E-state index contributed by atoms with van der Waals surface area (Å²) < 4.78 is 374. The van der Waals surface area contributed by atoms with Crippen molar-refractivity contribution in [3.8, 4) is 23.0 Å². The van der Waals surface area contributed by atoms with Gasteiger partial charge in [0.2, 0.25) is 11.8 Å². The Morgan fingerprint density at radius 2 is 1.17 bits per heavy atom. The molecule has 2 heterocycles. The first-order valence-corrected chi connectivity index (χ1v) is 17.6. The molecule has 0 aromatic heterocycles. The zero-order valence-electron chi connectivity index (χ0n) is 77.0. The summed E-state index contributed by atoms with van der Waals surface area (Å²) in [5, 5.41) is 27.5. The minimum absolute atomic E-state index is 0.258. The molecule has 4 aromatic rings. The van der Waals surface area contributed by atoms with Crippen molar-refractivity contribution in [2.45, 2.75) is 39.6 Å². The number of para-hydroxylation sites is 6. The number of nitrogens with one attached hydrogen (secondary N) is 3. The number of nitrogens with zero attached hydrogens (tertiary/aromatic N) is 3. The number of carbonyl (C=O) groups excluding carboxylic acids is 2. The molecule has 14 nitrogen and oxygen atoms in total. The Kier molecular flexibility index (Phi) is 7.28. The minimum Gasteiger partial charge on any atom is -0.493 e. The van der Waals surface area contributed by atoms with Crippen LogP contribution in [0.1, 0.15) is 83.9 Å². The van der Waals surface area contributed by atoms with E-state index in [1.807, 2.05) is 5.32 Å². The van der Waals surface area contributed by atoms with E-state index < -0.39 is 223 Å². The number of aliphatic hydroxyl groups is 2. The van der Waals surface area contributed by atoms with Crippen LogP contribution in [-0.2, 0) is 9.59 Å². The molecule has 2 aliphatic rings. The standard InChI is InChI=1S/C24H33N3O4.C14H22N2O3.C10H12ClNO/c1-18-7-6-8-19(2)24(18)25-23(29)16-27-13-11-26(12-14-27)15-20(28)17-31-22-10-5-4-9-21(22)30-3;1-18-13-4-2-3-5-14(13)19-11-12(17)10-16-8-6-15-7-9-16;1-7-4-3-5-8(2)10(7)12-9(13)6-11/h4-10,20,28H,11-17H2,1-3H3,(H,25,29);2-5,12,15,17H,6-11H2,1H3;3-5H,6H2,1-2H3,(H,12,13)/i1D3,2D3,3D3,6D,11D2,12D2,13D2,14D2,15D2,17D2,20D;1D3,6D2,7D2,8D,9D2,10D2,11D2,12D;1D3,2D3,3D. The summed E-state index contributed by atoms with van der Waals surface area (Å²) in [5.41, 5.74) is -3.77. The van der Waals surface area contributed by atoms with Crippen LogP contribution in [0.3, 0.4) is 0 Å². The maximum absolute atomic E-state index is 13.4. The van der Waals surface area contributed by atoms with Crippen molar-refractivity contribution >= 4 is 34.8 Å². The van der Waals surface area contributed by atoms with E-state index in [9.17, 15) is 19.8 Å². The highest BCUT2D eigenvalue weighted by Gasteiger charge is 2.22. The average Bonchev–Trinajstić information content (AvgIpc) is 0.677. The molecule has 4 aromatic carbocycles. The van der Waals surface area contributed by atoms with Crippen LogP contribution >= 0.6 is 11.6 Å². The SMILES string of the molecule is [2H]C1N(C([2H])([2H])C([2H])(O)C([2H])([2H])Oc2ccccc2OC([2H])([2H])[2H])C([2H])([2H])C([2H])([2H])NC1([2H])[2H].[2H]c1cc(C([2H])([2H])[2H])c(NC(=O)CCl)c(C([2H])([2H])[2H])c1.[2H]c1cc(C([2H])([2H])[2H])c(NC(=O)CN2C([2H])([2H])C([2H])([2H])N(C([2H])([2H])C([2H])(O)C([2H])([2H])Oc3ccccc3OC([2H])([2H])[2H])C([2H])([2H])C2([2H])[2H])c(C([2H])([2H])[2H])c1. The maximum Gasteiger partial charge on any atom is 0.239 e. The lowest BCUT2D eigenvalue weighted by molar-refractivity contribution is -0.118. The van der Waals surface area contributed by atoms with Gasteiger partial charge in [-0.15, -0.1) is 11.6 Å². The van der Waals surface area contributed by atoms with Gasteiger partial charge in [-0.2, -0.15) is 0 Å². The van der Waals surface area contributed by atoms with Crippen molar-refractivity contribution in [2.75, 3.05) is 115 Å². The van der Waals surface area contributed by atoms with Crippen LogP contribution in [-0.4, -0.2) is 153 Å². The highest BCUT2D eigenvalue weighted by molar-refractivity contribution is 6.29. The van der Waals surface area contributed by atoms with E-state index in [-0.39, 0.29) is 16.6 Å². The van der Waals surface area contributed by atoms with Crippen LogP contribution in [0.5, 0.6) is 23.0 Å². The van der Waals surface area contributed by atoms with Gasteiger partial charge in [0.05, 0.1) is 39.8 Å². The summed E-state index contributed by atoms with van der Waals surface area (Å²) in [6.07, 6.45) is -8.70. The predicted octanol–water partition coefficient (Wildman–Crippen LogP) is 5.13. The van der Waals surface area contributed by atoms with Crippen molar-refractivity contribution in [1.82, 2.24) is 20.0 Å². The Bertz CT molecular complexity index is 3800. The number of aryl methyl sites for hydroxylation is 4. The monoisotopic (exact) mass is 936 g/mol. The summed E-state index contributed by atoms with van der Waals surface area (Å²) in [7, 11) is -6.16. The first-order valence-electron chi connectivity index (χ1n) is 39.7. The zero-order valence-corrected chi connectivity index (χ0v) is 32.7. The molecule has 2 aliphatic heterocycles. The number of alkyl halides is 1. The Hall–Kier alpha value is -4.93. The van der Waals surface area contributed by atoms with Crippen LogP contribution in [0.15, 0.2) is 84.9 Å². The molecule has 0 bridgehead atoms. The van der Waals surface area contributed by atoms with Crippen LogP contribution in [0.4, 0.5) is 11.4 Å². The molecule has 0 spiro atoms. The molecule has 2 fully saturated rings. The highest BCUT2D eigenvalue weighted by Crippen LogP contribution is 2.27. The van der Waals surface area contributed by atoms with E-state index in [1.54, 1.807) is 5.32 Å². The van der Waals surface area contributed by atoms with Crippen molar-refractivity contribution in [2.24, 2.45) is 0 Å². The van der Waals surface area contributed by atoms with Gasteiger partial charge in [0.15, 0.2) is 23.0 Å².